The summed E-state index contributed by atoms with van der Waals surface area (Å²) in [6, 6.07) is 0. The summed E-state index contributed by atoms with van der Waals surface area (Å²) in [6.45, 7) is 1.06. The van der Waals surface area contributed by atoms with Gasteiger partial charge in [0.1, 0.15) is 0 Å². The van der Waals surface area contributed by atoms with Gasteiger partial charge in [0, 0.05) is 11.9 Å². The highest BCUT2D eigenvalue weighted by Gasteiger charge is 2.08. The molecule has 1 rings (SSSR count). The number of halogens is 1. The minimum Gasteiger partial charge on any atom is -0.297 e. The zero-order valence-electron chi connectivity index (χ0n) is 5.52. The van der Waals surface area contributed by atoms with Gasteiger partial charge in [0.2, 0.25) is 0 Å². The third-order valence-electron chi connectivity index (χ3n) is 1.71. The van der Waals surface area contributed by atoms with Gasteiger partial charge in [0.05, 0.1) is 0 Å². The van der Waals surface area contributed by atoms with Crippen molar-refractivity contribution in [1.82, 2.24) is 0 Å². The van der Waals surface area contributed by atoms with Crippen molar-refractivity contribution >= 4 is 22.1 Å². The average molecular weight is 190 g/mol. The van der Waals surface area contributed by atoms with Crippen LogP contribution in [0.5, 0.6) is 0 Å². The Labute approximate surface area is 64.7 Å². The molecule has 1 unspecified atom stereocenters. The second kappa shape index (κ2) is 4.04. The summed E-state index contributed by atoms with van der Waals surface area (Å²) in [5.41, 5.74) is 0. The standard InChI is InChI=1S/C7H12BrN/c8-4-3-7-2-1-5-9-6-7/h5,7H,1-4,6H2. The molecule has 0 aromatic carbocycles. The Morgan fingerprint density at radius 1 is 1.67 bits per heavy atom. The van der Waals surface area contributed by atoms with Crippen molar-refractivity contribution in [2.24, 2.45) is 10.9 Å². The van der Waals surface area contributed by atoms with Crippen molar-refractivity contribution in [3.8, 4) is 0 Å². The quantitative estimate of drug-likeness (QED) is 0.592. The molecule has 0 amide bonds. The minimum absolute atomic E-state index is 0.856. The molecule has 9 heavy (non-hydrogen) atoms. The third-order valence-corrected chi connectivity index (χ3v) is 2.17. The lowest BCUT2D eigenvalue weighted by Gasteiger charge is -2.14. The van der Waals surface area contributed by atoms with E-state index in [1.165, 1.54) is 19.3 Å². The second-order valence-corrected chi connectivity index (χ2v) is 3.26. The van der Waals surface area contributed by atoms with Crippen molar-refractivity contribution in [3.63, 3.8) is 0 Å². The molecule has 0 fully saturated rings. The molecule has 0 spiro atoms. The summed E-state index contributed by atoms with van der Waals surface area (Å²) in [4.78, 5) is 4.23. The van der Waals surface area contributed by atoms with E-state index in [-0.39, 0.29) is 0 Å². The van der Waals surface area contributed by atoms with E-state index >= 15 is 0 Å². The Hall–Kier alpha value is 0.150. The molecule has 1 aliphatic heterocycles. The van der Waals surface area contributed by atoms with Crippen LogP contribution < -0.4 is 0 Å². The van der Waals surface area contributed by atoms with Crippen molar-refractivity contribution in [3.05, 3.63) is 0 Å². The zero-order chi connectivity index (χ0) is 6.53. The molecular formula is C7H12BrN. The van der Waals surface area contributed by atoms with Gasteiger partial charge in [-0.3, -0.25) is 4.99 Å². The number of hydrogen-bond donors (Lipinski definition) is 0. The predicted molar refractivity (Wildman–Crippen MR) is 44.5 cm³/mol. The van der Waals surface area contributed by atoms with Gasteiger partial charge in [-0.1, -0.05) is 15.9 Å². The Bertz CT molecular complexity index is 101. The molecule has 0 N–H and O–H groups in total. The van der Waals surface area contributed by atoms with Crippen LogP contribution in [-0.4, -0.2) is 18.1 Å². The van der Waals surface area contributed by atoms with E-state index in [0.29, 0.717) is 0 Å². The number of rotatable bonds is 2. The van der Waals surface area contributed by atoms with E-state index in [9.17, 15) is 0 Å². The van der Waals surface area contributed by atoms with Crippen molar-refractivity contribution in [1.29, 1.82) is 0 Å². The summed E-state index contributed by atoms with van der Waals surface area (Å²) >= 11 is 3.43. The SMILES string of the molecule is BrCCC1CCC=NC1. The van der Waals surface area contributed by atoms with Gasteiger partial charge in [0.25, 0.3) is 0 Å². The fourth-order valence-corrected chi connectivity index (χ4v) is 1.75. The lowest BCUT2D eigenvalue weighted by atomic mass is 9.99. The molecule has 2 heteroatoms. The highest BCUT2D eigenvalue weighted by Crippen LogP contribution is 2.15. The Kier molecular flexibility index (Phi) is 3.26. The molecule has 0 saturated heterocycles. The van der Waals surface area contributed by atoms with E-state index in [2.05, 4.69) is 20.9 Å². The van der Waals surface area contributed by atoms with Crippen molar-refractivity contribution < 1.29 is 0 Å². The van der Waals surface area contributed by atoms with Crippen LogP contribution >= 0.6 is 15.9 Å². The lowest BCUT2D eigenvalue weighted by molar-refractivity contribution is 0.485. The fourth-order valence-electron chi connectivity index (χ4n) is 1.11. The van der Waals surface area contributed by atoms with Gasteiger partial charge >= 0.3 is 0 Å². The molecule has 1 aliphatic rings. The molecule has 1 atom stereocenters. The summed E-state index contributed by atoms with van der Waals surface area (Å²) in [5.74, 6) is 0.856. The summed E-state index contributed by atoms with van der Waals surface area (Å²) in [5, 5.41) is 1.13. The van der Waals surface area contributed by atoms with E-state index in [4.69, 9.17) is 0 Å². The monoisotopic (exact) mass is 189 g/mol. The first-order chi connectivity index (χ1) is 4.43. The first kappa shape index (κ1) is 7.26. The van der Waals surface area contributed by atoms with Gasteiger partial charge in [-0.15, -0.1) is 0 Å². The highest BCUT2D eigenvalue weighted by atomic mass is 79.9. The molecule has 0 saturated carbocycles. The molecule has 52 valence electrons. The summed E-state index contributed by atoms with van der Waals surface area (Å²) in [7, 11) is 0. The van der Waals surface area contributed by atoms with Gasteiger partial charge in [-0.2, -0.15) is 0 Å². The minimum atomic E-state index is 0.856. The van der Waals surface area contributed by atoms with Crippen LogP contribution in [0.15, 0.2) is 4.99 Å². The van der Waals surface area contributed by atoms with Crippen LogP contribution in [0.4, 0.5) is 0 Å². The molecule has 0 aromatic rings. The normalized spacial score (nSPS) is 26.6. The number of alkyl halides is 1. The summed E-state index contributed by atoms with van der Waals surface area (Å²) < 4.78 is 0. The third kappa shape index (κ3) is 2.48. The topological polar surface area (TPSA) is 12.4 Å². The number of aliphatic imine (C=N–C) groups is 1. The fraction of sp³-hybridized carbons (Fsp3) is 0.857. The first-order valence-electron chi connectivity index (χ1n) is 3.47. The molecule has 1 nitrogen and oxygen atoms in total. The van der Waals surface area contributed by atoms with Crippen LogP contribution in [0.25, 0.3) is 0 Å². The molecule has 1 heterocycles. The Balaban J connectivity index is 2.18. The van der Waals surface area contributed by atoms with E-state index in [1.54, 1.807) is 0 Å². The molecule has 0 radical (unpaired) electrons. The zero-order valence-corrected chi connectivity index (χ0v) is 7.10. The number of nitrogens with zero attached hydrogens (tertiary/aromatic N) is 1. The van der Waals surface area contributed by atoms with E-state index in [1.807, 2.05) is 6.21 Å². The van der Waals surface area contributed by atoms with Gasteiger partial charge in [-0.05, 0) is 31.4 Å². The Morgan fingerprint density at radius 2 is 2.56 bits per heavy atom. The Morgan fingerprint density at radius 3 is 3.11 bits per heavy atom. The maximum atomic E-state index is 4.23. The molecule has 0 aliphatic carbocycles. The number of hydrogen-bond acceptors (Lipinski definition) is 1. The van der Waals surface area contributed by atoms with Crippen molar-refractivity contribution in [2.45, 2.75) is 19.3 Å². The second-order valence-electron chi connectivity index (χ2n) is 2.47. The first-order valence-corrected chi connectivity index (χ1v) is 4.60. The van der Waals surface area contributed by atoms with Crippen LogP contribution in [0.2, 0.25) is 0 Å². The van der Waals surface area contributed by atoms with Gasteiger partial charge < -0.3 is 0 Å². The molecular weight excluding hydrogens is 178 g/mol. The van der Waals surface area contributed by atoms with Crippen LogP contribution in [0, 0.1) is 5.92 Å². The van der Waals surface area contributed by atoms with Crippen LogP contribution in [0.1, 0.15) is 19.3 Å². The largest absolute Gasteiger partial charge is 0.297 e. The highest BCUT2D eigenvalue weighted by molar-refractivity contribution is 9.09. The molecule has 0 bridgehead atoms. The maximum Gasteiger partial charge on any atom is 0.0414 e. The van der Waals surface area contributed by atoms with Gasteiger partial charge in [0.15, 0.2) is 0 Å². The predicted octanol–water partition coefficient (Wildman–Crippen LogP) is 2.25. The van der Waals surface area contributed by atoms with Crippen molar-refractivity contribution in [2.75, 3.05) is 11.9 Å². The van der Waals surface area contributed by atoms with Crippen LogP contribution in [-0.2, 0) is 0 Å². The average Bonchev–Trinajstić information content (AvgIpc) is 1.91. The maximum absolute atomic E-state index is 4.23. The smallest absolute Gasteiger partial charge is 0.0414 e. The summed E-state index contributed by atoms with van der Waals surface area (Å²) in [6.07, 6.45) is 5.87. The van der Waals surface area contributed by atoms with E-state index in [0.717, 1.165) is 17.8 Å². The van der Waals surface area contributed by atoms with E-state index < -0.39 is 0 Å². The van der Waals surface area contributed by atoms with Crippen LogP contribution in [0.3, 0.4) is 0 Å². The molecule has 0 aromatic heterocycles. The lowest BCUT2D eigenvalue weighted by Crippen LogP contribution is -2.09. The van der Waals surface area contributed by atoms with Gasteiger partial charge in [-0.25, -0.2) is 0 Å².